The molecule has 0 aliphatic rings. The summed E-state index contributed by atoms with van der Waals surface area (Å²) in [6, 6.07) is -0.0813. The van der Waals surface area contributed by atoms with Crippen LogP contribution in [0.5, 0.6) is 0 Å². The van der Waals surface area contributed by atoms with Crippen molar-refractivity contribution in [1.29, 1.82) is 0 Å². The SMILES string of the molecule is O=S(=O)(c1c(F)c(F)cc(F)c1F)C(Br)(Br)Br. The molecule has 2 nitrogen and oxygen atoms in total. The van der Waals surface area contributed by atoms with Gasteiger partial charge in [0.2, 0.25) is 11.3 Å². The molecule has 17 heavy (non-hydrogen) atoms. The Morgan fingerprint density at radius 1 is 0.941 bits per heavy atom. The highest BCUT2D eigenvalue weighted by atomic mass is 80.0. The zero-order chi connectivity index (χ0) is 13.6. The Bertz CT molecular complexity index is 541. The highest BCUT2D eigenvalue weighted by molar-refractivity contribution is 9.42. The van der Waals surface area contributed by atoms with Crippen LogP contribution >= 0.6 is 47.8 Å². The van der Waals surface area contributed by atoms with E-state index in [1.807, 2.05) is 0 Å². The van der Waals surface area contributed by atoms with E-state index in [1.165, 1.54) is 0 Å². The molecule has 0 N–H and O–H groups in total. The summed E-state index contributed by atoms with van der Waals surface area (Å²) >= 11 is 7.56. The van der Waals surface area contributed by atoms with Crippen molar-refractivity contribution in [2.45, 2.75) is 6.37 Å². The fourth-order valence-corrected chi connectivity index (χ4v) is 3.26. The van der Waals surface area contributed by atoms with Crippen LogP contribution in [-0.2, 0) is 9.84 Å². The number of benzene rings is 1. The highest BCUT2D eigenvalue weighted by Gasteiger charge is 2.43. The first-order chi connectivity index (χ1) is 7.50. The van der Waals surface area contributed by atoms with Gasteiger partial charge in [-0.05, 0) is 47.8 Å². The van der Waals surface area contributed by atoms with Crippen molar-refractivity contribution in [1.82, 2.24) is 0 Å². The molecule has 0 saturated carbocycles. The van der Waals surface area contributed by atoms with E-state index in [2.05, 4.69) is 47.8 Å². The minimum atomic E-state index is -4.76. The van der Waals surface area contributed by atoms with Gasteiger partial charge >= 0.3 is 0 Å². The lowest BCUT2D eigenvalue weighted by Gasteiger charge is -2.15. The molecule has 96 valence electrons. The summed E-state index contributed by atoms with van der Waals surface area (Å²) in [5.74, 6) is -7.60. The van der Waals surface area contributed by atoms with Crippen LogP contribution in [-0.4, -0.2) is 9.89 Å². The van der Waals surface area contributed by atoms with Crippen molar-refractivity contribution in [2.24, 2.45) is 0 Å². The zero-order valence-electron chi connectivity index (χ0n) is 7.45. The largest absolute Gasteiger partial charge is 0.239 e. The van der Waals surface area contributed by atoms with E-state index in [9.17, 15) is 26.0 Å². The van der Waals surface area contributed by atoms with Crippen molar-refractivity contribution in [2.75, 3.05) is 0 Å². The number of sulfone groups is 1. The van der Waals surface area contributed by atoms with Gasteiger partial charge in [-0.25, -0.2) is 26.0 Å². The van der Waals surface area contributed by atoms with Crippen LogP contribution in [0.3, 0.4) is 0 Å². The van der Waals surface area contributed by atoms with Crippen LogP contribution in [0.4, 0.5) is 17.6 Å². The van der Waals surface area contributed by atoms with Crippen LogP contribution in [0.1, 0.15) is 0 Å². The van der Waals surface area contributed by atoms with Gasteiger partial charge in [0.25, 0.3) is 0 Å². The first-order valence-corrected chi connectivity index (χ1v) is 7.50. The first kappa shape index (κ1) is 15.4. The number of rotatable bonds is 1. The highest BCUT2D eigenvalue weighted by Crippen LogP contribution is 2.44. The maximum Gasteiger partial charge on any atom is 0.239 e. The monoisotopic (exact) mass is 462 g/mol. The van der Waals surface area contributed by atoms with E-state index in [0.717, 1.165) is 0 Å². The molecule has 1 aromatic carbocycles. The van der Waals surface area contributed by atoms with Gasteiger partial charge in [0.15, 0.2) is 23.3 Å². The zero-order valence-corrected chi connectivity index (χ0v) is 13.0. The van der Waals surface area contributed by atoms with Gasteiger partial charge in [-0.15, -0.1) is 0 Å². The van der Waals surface area contributed by atoms with E-state index in [-0.39, 0.29) is 6.07 Å². The third kappa shape index (κ3) is 2.69. The van der Waals surface area contributed by atoms with E-state index in [0.29, 0.717) is 0 Å². The number of hydrogen-bond acceptors (Lipinski definition) is 2. The van der Waals surface area contributed by atoms with E-state index in [1.54, 1.807) is 0 Å². The second-order valence-electron chi connectivity index (χ2n) is 2.75. The minimum Gasteiger partial charge on any atom is -0.220 e. The Hall–Kier alpha value is 0.330. The quantitative estimate of drug-likeness (QED) is 0.360. The molecule has 0 unspecified atom stereocenters. The number of halogens is 7. The summed E-state index contributed by atoms with van der Waals surface area (Å²) in [5, 5.41) is 0. The summed E-state index contributed by atoms with van der Waals surface area (Å²) in [7, 11) is -4.76. The topological polar surface area (TPSA) is 34.1 Å². The molecule has 0 aliphatic carbocycles. The normalized spacial score (nSPS) is 12.9. The van der Waals surface area contributed by atoms with Crippen LogP contribution in [0.2, 0.25) is 0 Å². The number of hydrogen-bond donors (Lipinski definition) is 0. The molecule has 0 radical (unpaired) electrons. The number of alkyl halides is 3. The lowest BCUT2D eigenvalue weighted by molar-refractivity contribution is 0.419. The van der Waals surface area contributed by atoms with E-state index in [4.69, 9.17) is 0 Å². The third-order valence-electron chi connectivity index (χ3n) is 1.64. The predicted molar refractivity (Wildman–Crippen MR) is 63.0 cm³/mol. The molecule has 0 amide bonds. The van der Waals surface area contributed by atoms with E-state index < -0.39 is 39.5 Å². The van der Waals surface area contributed by atoms with Crippen molar-refractivity contribution in [3.8, 4) is 0 Å². The lowest BCUT2D eigenvalue weighted by atomic mass is 10.3. The molecule has 0 spiro atoms. The average Bonchev–Trinajstić information content (AvgIpc) is 2.13. The molecule has 0 aromatic heterocycles. The van der Waals surface area contributed by atoms with Crippen LogP contribution < -0.4 is 0 Å². The van der Waals surface area contributed by atoms with Crippen LogP contribution in [0.15, 0.2) is 11.0 Å². The summed E-state index contributed by atoms with van der Waals surface area (Å²) in [5.41, 5.74) is 0. The fourth-order valence-electron chi connectivity index (χ4n) is 0.903. The van der Waals surface area contributed by atoms with Crippen molar-refractivity contribution < 1.29 is 26.0 Å². The standard InChI is InChI=1S/C7HBr3F4O2S/c8-7(9,10)17(15,16)6-4(13)2(11)1-3(12)5(6)14/h1H. The molecular formula is C7HBr3F4O2S. The summed E-state index contributed by atoms with van der Waals surface area (Å²) < 4.78 is 73.3. The van der Waals surface area contributed by atoms with Crippen molar-refractivity contribution in [3.63, 3.8) is 0 Å². The molecule has 0 bridgehead atoms. The Labute approximate surface area is 119 Å². The maximum absolute atomic E-state index is 13.2. The molecule has 10 heteroatoms. The predicted octanol–water partition coefficient (Wildman–Crippen LogP) is 3.81. The van der Waals surface area contributed by atoms with Gasteiger partial charge in [0, 0.05) is 6.07 Å². The molecule has 0 fully saturated rings. The van der Waals surface area contributed by atoms with Gasteiger partial charge in [-0.1, -0.05) is 0 Å². The van der Waals surface area contributed by atoms with Gasteiger partial charge in [0.05, 0.1) is 0 Å². The van der Waals surface area contributed by atoms with Gasteiger partial charge in [0.1, 0.15) is 4.90 Å². The van der Waals surface area contributed by atoms with E-state index >= 15 is 0 Å². The van der Waals surface area contributed by atoms with Gasteiger partial charge in [-0.3, -0.25) is 0 Å². The Kier molecular flexibility index (Phi) is 4.33. The van der Waals surface area contributed by atoms with Crippen LogP contribution in [0.25, 0.3) is 0 Å². The summed E-state index contributed by atoms with van der Waals surface area (Å²) in [4.78, 5) is -1.71. The second-order valence-corrected chi connectivity index (χ2v) is 13.1. The Morgan fingerprint density at radius 2 is 1.29 bits per heavy atom. The maximum atomic E-state index is 13.2. The molecule has 1 rings (SSSR count). The third-order valence-corrected chi connectivity index (χ3v) is 6.99. The van der Waals surface area contributed by atoms with Crippen molar-refractivity contribution in [3.05, 3.63) is 29.3 Å². The van der Waals surface area contributed by atoms with Gasteiger partial charge in [-0.2, -0.15) is 0 Å². The molecule has 0 saturated heterocycles. The van der Waals surface area contributed by atoms with Crippen LogP contribution in [0, 0.1) is 23.3 Å². The molecule has 1 aromatic rings. The molecule has 0 atom stereocenters. The van der Waals surface area contributed by atoms with Gasteiger partial charge < -0.3 is 0 Å². The Morgan fingerprint density at radius 3 is 1.59 bits per heavy atom. The molecular weight excluding hydrogens is 464 g/mol. The Balaban J connectivity index is 3.76. The lowest BCUT2D eigenvalue weighted by Crippen LogP contribution is -2.22. The second kappa shape index (κ2) is 4.78. The van der Waals surface area contributed by atoms with Crippen molar-refractivity contribution >= 4 is 57.6 Å². The fraction of sp³-hybridized carbons (Fsp3) is 0.143. The smallest absolute Gasteiger partial charge is 0.220 e. The summed E-state index contributed by atoms with van der Waals surface area (Å²) in [6.07, 6.45) is 0. The average molecular weight is 465 g/mol. The summed E-state index contributed by atoms with van der Waals surface area (Å²) in [6.45, 7) is 0. The molecule has 0 heterocycles. The minimum absolute atomic E-state index is 0.0813. The molecule has 0 aliphatic heterocycles. The first-order valence-electron chi connectivity index (χ1n) is 3.64.